The molecule has 5 atom stereocenters. The number of aliphatic imine (C=N–C) groups is 1. The number of carboxylic acid groups (broad SMARTS) is 2. The summed E-state index contributed by atoms with van der Waals surface area (Å²) in [6.07, 6.45) is -2.07. The first-order valence-corrected chi connectivity index (χ1v) is 9.75. The van der Waals surface area contributed by atoms with E-state index in [9.17, 15) is 39.3 Å². The summed E-state index contributed by atoms with van der Waals surface area (Å²) in [5, 5.41) is 43.3. The van der Waals surface area contributed by atoms with Gasteiger partial charge < -0.3 is 53.6 Å². The summed E-state index contributed by atoms with van der Waals surface area (Å²) in [6.45, 7) is 0.352. The molecular weight excluding hydrogens is 446 g/mol. The van der Waals surface area contributed by atoms with E-state index in [1.165, 1.54) is 6.92 Å². The Labute approximate surface area is 188 Å². The Hall–Kier alpha value is -3.50. The van der Waals surface area contributed by atoms with Gasteiger partial charge in [0.2, 0.25) is 17.7 Å². The molecule has 188 valence electrons. The number of carbonyl (C=O) groups excluding carboxylic acids is 3. The van der Waals surface area contributed by atoms with Gasteiger partial charge in [-0.1, -0.05) is 0 Å². The highest BCUT2D eigenvalue weighted by molar-refractivity contribution is 5.95. The van der Waals surface area contributed by atoms with Gasteiger partial charge in [-0.25, -0.2) is 4.79 Å². The van der Waals surface area contributed by atoms with Crippen LogP contribution in [-0.4, -0.2) is 99.5 Å². The second kappa shape index (κ2) is 14.5. The summed E-state index contributed by atoms with van der Waals surface area (Å²) in [7, 11) is 0. The van der Waals surface area contributed by atoms with Crippen molar-refractivity contribution in [3.05, 3.63) is 0 Å². The minimum absolute atomic E-state index is 0.0706. The van der Waals surface area contributed by atoms with E-state index < -0.39 is 73.0 Å². The zero-order valence-electron chi connectivity index (χ0n) is 17.9. The number of nitrogens with zero attached hydrogens (tertiary/aromatic N) is 1. The molecule has 0 radical (unpaired) electrons. The fourth-order valence-electron chi connectivity index (χ4n) is 2.37. The van der Waals surface area contributed by atoms with Gasteiger partial charge in [-0.15, -0.1) is 0 Å². The fourth-order valence-corrected chi connectivity index (χ4v) is 2.37. The van der Waals surface area contributed by atoms with Crippen LogP contribution < -0.4 is 33.2 Å². The predicted molar refractivity (Wildman–Crippen MR) is 112 cm³/mol. The molecule has 3 amide bonds. The van der Waals surface area contributed by atoms with Gasteiger partial charge in [0.25, 0.3) is 0 Å². The van der Waals surface area contributed by atoms with E-state index in [2.05, 4.69) is 10.3 Å². The minimum atomic E-state index is -1.70. The molecule has 0 fully saturated rings. The summed E-state index contributed by atoms with van der Waals surface area (Å²) >= 11 is 0. The number of rotatable bonds is 15. The number of nitrogens with two attached hydrogens (primary N) is 3. The number of amides is 3. The number of aliphatic carboxylic acids is 2. The lowest BCUT2D eigenvalue weighted by Crippen LogP contribution is -2.59. The van der Waals surface area contributed by atoms with Crippen LogP contribution in [0.1, 0.15) is 26.2 Å². The van der Waals surface area contributed by atoms with Crippen LogP contribution in [0.3, 0.4) is 0 Å². The molecule has 0 aromatic carbocycles. The molecule has 33 heavy (non-hydrogen) atoms. The Morgan fingerprint density at radius 3 is 1.88 bits per heavy atom. The zero-order chi connectivity index (χ0) is 25.7. The van der Waals surface area contributed by atoms with Crippen LogP contribution in [0.2, 0.25) is 0 Å². The van der Waals surface area contributed by atoms with E-state index in [1.807, 2.05) is 10.6 Å². The highest BCUT2D eigenvalue weighted by Gasteiger charge is 2.31. The van der Waals surface area contributed by atoms with Crippen LogP contribution in [0.4, 0.5) is 0 Å². The molecule has 0 rings (SSSR count). The minimum Gasteiger partial charge on any atom is -0.481 e. The van der Waals surface area contributed by atoms with E-state index >= 15 is 0 Å². The van der Waals surface area contributed by atoms with Crippen LogP contribution in [0.15, 0.2) is 4.99 Å². The average Bonchev–Trinajstić information content (AvgIpc) is 2.71. The van der Waals surface area contributed by atoms with Gasteiger partial charge in [0.1, 0.15) is 24.2 Å². The van der Waals surface area contributed by atoms with Gasteiger partial charge in [-0.05, 0) is 19.8 Å². The molecular formula is C17H31N7O9. The monoisotopic (exact) mass is 477 g/mol. The molecule has 0 saturated carbocycles. The van der Waals surface area contributed by atoms with Crippen molar-refractivity contribution in [3.63, 3.8) is 0 Å². The molecule has 0 aromatic heterocycles. The van der Waals surface area contributed by atoms with E-state index in [-0.39, 0.29) is 25.3 Å². The van der Waals surface area contributed by atoms with Gasteiger partial charge in [0.05, 0.1) is 19.1 Å². The maximum Gasteiger partial charge on any atom is 0.326 e. The number of nitrogens with one attached hydrogen (secondary N) is 3. The molecule has 13 N–H and O–H groups in total. The highest BCUT2D eigenvalue weighted by atomic mass is 16.4. The third-order valence-corrected chi connectivity index (χ3v) is 4.21. The van der Waals surface area contributed by atoms with Crippen molar-refractivity contribution in [2.24, 2.45) is 22.2 Å². The van der Waals surface area contributed by atoms with Crippen LogP contribution in [0.25, 0.3) is 0 Å². The van der Waals surface area contributed by atoms with Crippen LogP contribution in [-0.2, 0) is 24.0 Å². The van der Waals surface area contributed by atoms with E-state index in [1.54, 1.807) is 0 Å². The first kappa shape index (κ1) is 29.5. The summed E-state index contributed by atoms with van der Waals surface area (Å²) in [5.74, 6) is -6.30. The van der Waals surface area contributed by atoms with Gasteiger partial charge >= 0.3 is 11.9 Å². The second-order valence-corrected chi connectivity index (χ2v) is 7.02. The number of hydrogen-bond donors (Lipinski definition) is 10. The standard InChI is InChI=1S/C17H31N7O9/c1-7(26)12(18)15(31)23-9(5-11(27)28)13(29)24-10(6-25)14(30)22-8(16(32)33)3-2-4-21-17(19)20/h7-10,12,25-26H,2-6,18H2,1H3,(H,22,30)(H,23,31)(H,24,29)(H,27,28)(H,32,33)(H4,19,20,21). The Bertz CT molecular complexity index is 740. The highest BCUT2D eigenvalue weighted by Crippen LogP contribution is 2.01. The lowest BCUT2D eigenvalue weighted by Gasteiger charge is -2.24. The lowest BCUT2D eigenvalue weighted by molar-refractivity contribution is -0.143. The molecule has 0 aliphatic heterocycles. The molecule has 16 nitrogen and oxygen atoms in total. The number of guanidine groups is 1. The zero-order valence-corrected chi connectivity index (χ0v) is 17.9. The molecule has 0 saturated heterocycles. The SMILES string of the molecule is CC(O)C(N)C(=O)NC(CC(=O)O)C(=O)NC(CO)C(=O)NC(CCCN=C(N)N)C(=O)O. The van der Waals surface area contributed by atoms with Crippen molar-refractivity contribution in [2.45, 2.75) is 56.5 Å². The molecule has 0 spiro atoms. The summed E-state index contributed by atoms with van der Waals surface area (Å²) < 4.78 is 0. The average molecular weight is 477 g/mol. The van der Waals surface area contributed by atoms with Crippen molar-refractivity contribution in [2.75, 3.05) is 13.2 Å². The predicted octanol–water partition coefficient (Wildman–Crippen LogP) is -5.25. The molecule has 0 aliphatic rings. The Morgan fingerprint density at radius 1 is 0.909 bits per heavy atom. The van der Waals surface area contributed by atoms with Crippen LogP contribution in [0.5, 0.6) is 0 Å². The topological polar surface area (TPSA) is 293 Å². The normalized spacial score (nSPS) is 15.2. The Balaban J connectivity index is 5.21. The smallest absolute Gasteiger partial charge is 0.326 e. The van der Waals surface area contributed by atoms with E-state index in [4.69, 9.17) is 22.3 Å². The van der Waals surface area contributed by atoms with Crippen LogP contribution in [0, 0.1) is 0 Å². The number of hydrogen-bond acceptors (Lipinski definition) is 9. The molecule has 5 unspecified atom stereocenters. The second-order valence-electron chi connectivity index (χ2n) is 7.02. The van der Waals surface area contributed by atoms with E-state index in [0.717, 1.165) is 0 Å². The quantitative estimate of drug-likeness (QED) is 0.0601. The van der Waals surface area contributed by atoms with Gasteiger partial charge in [0, 0.05) is 6.54 Å². The van der Waals surface area contributed by atoms with Crippen LogP contribution >= 0.6 is 0 Å². The molecule has 0 heterocycles. The number of carbonyl (C=O) groups is 5. The number of aliphatic hydroxyl groups is 2. The fraction of sp³-hybridized carbons (Fsp3) is 0.647. The molecule has 16 heteroatoms. The van der Waals surface area contributed by atoms with Gasteiger partial charge in [-0.2, -0.15) is 0 Å². The maximum atomic E-state index is 12.4. The first-order valence-electron chi connectivity index (χ1n) is 9.75. The van der Waals surface area contributed by atoms with Crippen molar-refractivity contribution in [1.29, 1.82) is 0 Å². The molecule has 0 aromatic rings. The van der Waals surface area contributed by atoms with Gasteiger partial charge in [-0.3, -0.25) is 24.2 Å². The number of aliphatic hydroxyl groups excluding tert-OH is 2. The van der Waals surface area contributed by atoms with Crippen molar-refractivity contribution < 1.29 is 44.4 Å². The maximum absolute atomic E-state index is 12.4. The summed E-state index contributed by atoms with van der Waals surface area (Å²) in [5.41, 5.74) is 15.8. The molecule has 0 bridgehead atoms. The van der Waals surface area contributed by atoms with Crippen molar-refractivity contribution in [1.82, 2.24) is 16.0 Å². The van der Waals surface area contributed by atoms with Crippen molar-refractivity contribution >= 4 is 35.6 Å². The Kier molecular flexibility index (Phi) is 13.0. The first-order chi connectivity index (χ1) is 15.3. The summed E-state index contributed by atoms with van der Waals surface area (Å²) in [6, 6.07) is -6.20. The largest absolute Gasteiger partial charge is 0.481 e. The Morgan fingerprint density at radius 2 is 1.42 bits per heavy atom. The van der Waals surface area contributed by atoms with E-state index in [0.29, 0.717) is 0 Å². The third-order valence-electron chi connectivity index (χ3n) is 4.21. The summed E-state index contributed by atoms with van der Waals surface area (Å²) in [4.78, 5) is 62.9. The van der Waals surface area contributed by atoms with Gasteiger partial charge in [0.15, 0.2) is 5.96 Å². The molecule has 0 aliphatic carbocycles. The lowest BCUT2D eigenvalue weighted by atomic mass is 10.1. The van der Waals surface area contributed by atoms with Crippen molar-refractivity contribution in [3.8, 4) is 0 Å². The number of carboxylic acids is 2. The third kappa shape index (κ3) is 11.6.